The molecule has 196 valence electrons. The highest BCUT2D eigenvalue weighted by atomic mass is 16.5. The number of hydrogen-bond acceptors (Lipinski definition) is 5. The van der Waals surface area contributed by atoms with Gasteiger partial charge in [-0.05, 0) is 30.7 Å². The lowest BCUT2D eigenvalue weighted by molar-refractivity contribution is 0.0452. The summed E-state index contributed by atoms with van der Waals surface area (Å²) >= 11 is 0. The molecule has 0 aliphatic rings. The van der Waals surface area contributed by atoms with E-state index in [1.807, 2.05) is 80.6 Å². The molecule has 3 rings (SSSR count). The first-order chi connectivity index (χ1) is 18.1. The average Bonchev–Trinajstić information content (AvgIpc) is 2.97. The molecule has 0 fully saturated rings. The highest BCUT2D eigenvalue weighted by Crippen LogP contribution is 2.12. The Morgan fingerprint density at radius 3 is 1.76 bits per heavy atom. The lowest BCUT2D eigenvalue weighted by atomic mass is 10.2. The van der Waals surface area contributed by atoms with Crippen molar-refractivity contribution in [3.8, 4) is 0 Å². The second kappa shape index (κ2) is 17.5. The van der Waals surface area contributed by atoms with Crippen molar-refractivity contribution in [3.05, 3.63) is 114 Å². The van der Waals surface area contributed by atoms with Crippen LogP contribution in [0.4, 0.5) is 0 Å². The van der Waals surface area contributed by atoms with E-state index in [1.54, 1.807) is 24.3 Å². The summed E-state index contributed by atoms with van der Waals surface area (Å²) in [5.74, 6) is 0.196. The first-order valence-corrected chi connectivity index (χ1v) is 12.8. The molecule has 0 saturated heterocycles. The molecule has 6 nitrogen and oxygen atoms in total. The summed E-state index contributed by atoms with van der Waals surface area (Å²) < 4.78 is 11.3. The van der Waals surface area contributed by atoms with Gasteiger partial charge in [-0.2, -0.15) is 0 Å². The van der Waals surface area contributed by atoms with Gasteiger partial charge in [0.2, 0.25) is 0 Å². The lowest BCUT2D eigenvalue weighted by Crippen LogP contribution is -2.34. The van der Waals surface area contributed by atoms with Crippen LogP contribution in [0.15, 0.2) is 97.6 Å². The van der Waals surface area contributed by atoms with Crippen molar-refractivity contribution in [2.75, 3.05) is 39.4 Å². The molecule has 1 amide bonds. The Balaban J connectivity index is 0.00000235. The van der Waals surface area contributed by atoms with E-state index in [4.69, 9.17) is 9.47 Å². The zero-order valence-electron chi connectivity index (χ0n) is 21.9. The number of carbonyl (C=O) groups is 2. The van der Waals surface area contributed by atoms with Crippen LogP contribution >= 0.6 is 0 Å². The largest absolute Gasteiger partial charge is 0.492 e. The fourth-order valence-electron chi connectivity index (χ4n) is 3.46. The highest BCUT2D eigenvalue weighted by Gasteiger charge is 2.11. The Morgan fingerprint density at radius 1 is 0.703 bits per heavy atom. The molecular weight excluding hydrogens is 464 g/mol. The van der Waals surface area contributed by atoms with Gasteiger partial charge in [-0.3, -0.25) is 9.69 Å². The van der Waals surface area contributed by atoms with Crippen LogP contribution in [0.3, 0.4) is 0 Å². The second-order valence-corrected chi connectivity index (χ2v) is 7.96. The zero-order chi connectivity index (χ0) is 26.7. The van der Waals surface area contributed by atoms with Crippen molar-refractivity contribution < 1.29 is 19.1 Å². The maximum Gasteiger partial charge on any atom is 0.338 e. The number of amides is 1. The summed E-state index contributed by atoms with van der Waals surface area (Å²) in [6.07, 6.45) is 0.755. The maximum atomic E-state index is 12.2. The third kappa shape index (κ3) is 11.1. The molecule has 0 aromatic heterocycles. The first kappa shape index (κ1) is 29.3. The topological polar surface area (TPSA) is 67.9 Å². The quantitative estimate of drug-likeness (QED) is 0.175. The number of nitrogens with zero attached hydrogens (tertiary/aromatic N) is 1. The molecule has 3 aromatic rings. The van der Waals surface area contributed by atoms with E-state index in [1.165, 1.54) is 0 Å². The standard InChI is InChI=1S/C29H32N2O4.C2H6/c1-24(25-12-5-2-6-13-25)34-22-20-31(21-23-35-29(33)27-16-9-4-10-17-27)19-11-18-30-28(32)26-14-7-3-8-15-26;1-2/h2-10,12-17H,1,11,18-23H2,(H,30,32);1-2H3. The van der Waals surface area contributed by atoms with Gasteiger partial charge in [0.1, 0.15) is 19.0 Å². The van der Waals surface area contributed by atoms with Gasteiger partial charge in [-0.15, -0.1) is 0 Å². The number of ether oxygens (including phenoxy) is 2. The predicted molar refractivity (Wildman–Crippen MR) is 149 cm³/mol. The third-order valence-corrected chi connectivity index (χ3v) is 5.40. The van der Waals surface area contributed by atoms with E-state index in [2.05, 4.69) is 16.8 Å². The summed E-state index contributed by atoms with van der Waals surface area (Å²) in [5.41, 5.74) is 2.12. The molecule has 0 spiro atoms. The molecule has 0 atom stereocenters. The molecule has 0 heterocycles. The number of hydrogen-bond donors (Lipinski definition) is 1. The van der Waals surface area contributed by atoms with Crippen molar-refractivity contribution in [2.45, 2.75) is 20.3 Å². The molecule has 0 radical (unpaired) electrons. The molecule has 1 N–H and O–H groups in total. The summed E-state index contributed by atoms with van der Waals surface area (Å²) in [6, 6.07) is 27.9. The smallest absolute Gasteiger partial charge is 0.338 e. The van der Waals surface area contributed by atoms with Crippen LogP contribution in [0.25, 0.3) is 5.76 Å². The summed E-state index contributed by atoms with van der Waals surface area (Å²) in [6.45, 7) is 11.2. The van der Waals surface area contributed by atoms with E-state index < -0.39 is 0 Å². The summed E-state index contributed by atoms with van der Waals surface area (Å²) in [4.78, 5) is 26.6. The monoisotopic (exact) mass is 502 g/mol. The van der Waals surface area contributed by atoms with Crippen LogP contribution in [0.5, 0.6) is 0 Å². The molecule has 37 heavy (non-hydrogen) atoms. The van der Waals surface area contributed by atoms with Crippen molar-refractivity contribution in [1.29, 1.82) is 0 Å². The SMILES string of the molecule is C=C(OCCN(CCCNC(=O)c1ccccc1)CCOC(=O)c1ccccc1)c1ccccc1.CC. The Bertz CT molecular complexity index is 999. The molecule has 0 aliphatic heterocycles. The van der Waals surface area contributed by atoms with Gasteiger partial charge < -0.3 is 14.8 Å². The molecule has 0 bridgehead atoms. The summed E-state index contributed by atoms with van der Waals surface area (Å²) in [5, 5.41) is 2.95. The van der Waals surface area contributed by atoms with Gasteiger partial charge in [-0.25, -0.2) is 4.79 Å². The van der Waals surface area contributed by atoms with Crippen LogP contribution in [-0.2, 0) is 9.47 Å². The van der Waals surface area contributed by atoms with Crippen LogP contribution in [-0.4, -0.2) is 56.2 Å². The van der Waals surface area contributed by atoms with Crippen LogP contribution in [0, 0.1) is 0 Å². The zero-order valence-corrected chi connectivity index (χ0v) is 21.9. The van der Waals surface area contributed by atoms with E-state index in [0.717, 1.165) is 18.5 Å². The minimum Gasteiger partial charge on any atom is -0.492 e. The molecule has 0 saturated carbocycles. The van der Waals surface area contributed by atoms with Crippen LogP contribution in [0.1, 0.15) is 46.5 Å². The van der Waals surface area contributed by atoms with Crippen molar-refractivity contribution in [1.82, 2.24) is 10.2 Å². The van der Waals surface area contributed by atoms with Gasteiger partial charge in [0.05, 0.1) is 5.56 Å². The Labute approximate surface area is 220 Å². The summed E-state index contributed by atoms with van der Waals surface area (Å²) in [7, 11) is 0. The van der Waals surface area contributed by atoms with E-state index in [9.17, 15) is 9.59 Å². The molecular formula is C31H38N2O4. The fraction of sp³-hybridized carbons (Fsp3) is 0.290. The lowest BCUT2D eigenvalue weighted by Gasteiger charge is -2.22. The second-order valence-electron chi connectivity index (χ2n) is 7.96. The maximum absolute atomic E-state index is 12.2. The van der Waals surface area contributed by atoms with Crippen LogP contribution < -0.4 is 5.32 Å². The van der Waals surface area contributed by atoms with E-state index in [-0.39, 0.29) is 18.5 Å². The van der Waals surface area contributed by atoms with Crippen molar-refractivity contribution in [2.24, 2.45) is 0 Å². The molecule has 0 unspecified atom stereocenters. The molecule has 0 aliphatic carbocycles. The Morgan fingerprint density at radius 2 is 1.19 bits per heavy atom. The number of esters is 1. The Kier molecular flexibility index (Phi) is 13.9. The van der Waals surface area contributed by atoms with E-state index in [0.29, 0.717) is 43.1 Å². The number of rotatable bonds is 14. The normalized spacial score (nSPS) is 10.1. The van der Waals surface area contributed by atoms with Gasteiger partial charge >= 0.3 is 5.97 Å². The van der Waals surface area contributed by atoms with Gasteiger partial charge in [0, 0.05) is 37.3 Å². The molecule has 3 aromatic carbocycles. The number of nitrogens with one attached hydrogen (secondary N) is 1. The van der Waals surface area contributed by atoms with Crippen molar-refractivity contribution in [3.63, 3.8) is 0 Å². The van der Waals surface area contributed by atoms with Gasteiger partial charge in [-0.1, -0.05) is 87.2 Å². The first-order valence-electron chi connectivity index (χ1n) is 12.8. The van der Waals surface area contributed by atoms with E-state index >= 15 is 0 Å². The van der Waals surface area contributed by atoms with Crippen molar-refractivity contribution >= 4 is 17.6 Å². The average molecular weight is 503 g/mol. The number of benzene rings is 3. The third-order valence-electron chi connectivity index (χ3n) is 5.40. The molecule has 6 heteroatoms. The minimum absolute atomic E-state index is 0.0866. The van der Waals surface area contributed by atoms with Gasteiger partial charge in [0.15, 0.2) is 0 Å². The van der Waals surface area contributed by atoms with Gasteiger partial charge in [0.25, 0.3) is 5.91 Å². The minimum atomic E-state index is -0.339. The van der Waals surface area contributed by atoms with Crippen LogP contribution in [0.2, 0.25) is 0 Å². The number of carbonyl (C=O) groups excluding carboxylic acids is 2. The Hall–Kier alpha value is -3.90. The highest BCUT2D eigenvalue weighted by molar-refractivity contribution is 5.94. The predicted octanol–water partition coefficient (Wildman–Crippen LogP) is 5.68. The fourth-order valence-corrected chi connectivity index (χ4v) is 3.46.